The molecule has 0 aliphatic rings. The number of nitrogens with zero attached hydrogens (tertiary/aromatic N) is 1. The monoisotopic (exact) mass is 645 g/mol. The summed E-state index contributed by atoms with van der Waals surface area (Å²) in [6.45, 7) is 1.98. The first kappa shape index (κ1) is 32.9. The van der Waals surface area contributed by atoms with Gasteiger partial charge in [-0.15, -0.1) is 0 Å². The lowest BCUT2D eigenvalue weighted by atomic mass is 10.1. The minimum atomic E-state index is -1.23. The highest BCUT2D eigenvalue weighted by Crippen LogP contribution is 2.39. The fourth-order valence-corrected chi connectivity index (χ4v) is 4.40. The molecule has 42 heavy (non-hydrogen) atoms. The van der Waals surface area contributed by atoms with Crippen molar-refractivity contribution in [2.45, 2.75) is 19.3 Å². The van der Waals surface area contributed by atoms with E-state index in [0.29, 0.717) is 36.5 Å². The van der Waals surface area contributed by atoms with Crippen LogP contribution in [0, 0.1) is 0 Å². The second kappa shape index (κ2) is 18.0. The summed E-state index contributed by atoms with van der Waals surface area (Å²) in [6, 6.07) is 20.4. The number of benzene rings is 3. The number of hydrogen-bond donors (Lipinski definition) is 1. The Balaban J connectivity index is 1.69. The average molecular weight is 647 g/mol. The van der Waals surface area contributed by atoms with E-state index < -0.39 is 18.1 Å². The van der Waals surface area contributed by atoms with Crippen LogP contribution >= 0.6 is 15.9 Å². The molecule has 3 aromatic carbocycles. The molecule has 226 valence electrons. The first-order chi connectivity index (χ1) is 20.4. The van der Waals surface area contributed by atoms with Gasteiger partial charge in [0.1, 0.15) is 19.8 Å². The van der Waals surface area contributed by atoms with Gasteiger partial charge < -0.3 is 33.5 Å². The number of phenols is 1. The van der Waals surface area contributed by atoms with Crippen LogP contribution in [0.15, 0.2) is 77.3 Å². The summed E-state index contributed by atoms with van der Waals surface area (Å²) in [5.74, 6) is -0.737. The van der Waals surface area contributed by atoms with Crippen molar-refractivity contribution in [2.75, 3.05) is 53.8 Å². The number of methoxy groups -OCH3 is 1. The Morgan fingerprint density at radius 2 is 1.38 bits per heavy atom. The van der Waals surface area contributed by atoms with Crippen LogP contribution in [0.4, 0.5) is 4.79 Å². The number of halogens is 1. The molecule has 0 radical (unpaired) electrons. The largest absolute Gasteiger partial charge is 0.504 e. The highest BCUT2D eigenvalue weighted by Gasteiger charge is 2.32. The molecule has 0 heterocycles. The summed E-state index contributed by atoms with van der Waals surface area (Å²) in [6.07, 6.45) is -0.745. The van der Waals surface area contributed by atoms with Crippen LogP contribution in [0.5, 0.6) is 11.5 Å². The molecule has 0 aliphatic heterocycles. The summed E-state index contributed by atoms with van der Waals surface area (Å²) in [5.41, 5.74) is 2.00. The molecule has 11 heteroatoms. The number of amides is 1. The predicted octanol–water partition coefficient (Wildman–Crippen LogP) is 5.27. The molecule has 1 atom stereocenters. The van der Waals surface area contributed by atoms with Gasteiger partial charge in [0, 0.05) is 14.2 Å². The Bertz CT molecular complexity index is 1220. The molecule has 0 bridgehead atoms. The summed E-state index contributed by atoms with van der Waals surface area (Å²) in [5, 5.41) is 10.8. The smallest absolute Gasteiger partial charge is 0.410 e. The van der Waals surface area contributed by atoms with E-state index in [4.69, 9.17) is 28.4 Å². The number of phenolic OH excluding ortho intramolecular Hbond substituents is 1. The van der Waals surface area contributed by atoms with Gasteiger partial charge >= 0.3 is 12.1 Å². The van der Waals surface area contributed by atoms with Gasteiger partial charge in [-0.3, -0.25) is 4.90 Å². The van der Waals surface area contributed by atoms with Crippen LogP contribution in [0.25, 0.3) is 0 Å². The molecule has 0 aromatic heterocycles. The molecule has 0 fully saturated rings. The van der Waals surface area contributed by atoms with E-state index in [1.807, 2.05) is 60.7 Å². The van der Waals surface area contributed by atoms with E-state index in [9.17, 15) is 14.7 Å². The van der Waals surface area contributed by atoms with Crippen LogP contribution in [0.3, 0.4) is 0 Å². The minimum absolute atomic E-state index is 0.0211. The lowest BCUT2D eigenvalue weighted by Crippen LogP contribution is -2.37. The topological polar surface area (TPSA) is 113 Å². The van der Waals surface area contributed by atoms with Crippen LogP contribution in [0.2, 0.25) is 0 Å². The number of hydrogen-bond acceptors (Lipinski definition) is 9. The van der Waals surface area contributed by atoms with E-state index in [0.717, 1.165) is 16.0 Å². The first-order valence-electron chi connectivity index (χ1n) is 13.3. The number of esters is 1. The summed E-state index contributed by atoms with van der Waals surface area (Å²) >= 11 is 3.43. The van der Waals surface area contributed by atoms with Crippen LogP contribution in [0.1, 0.15) is 22.7 Å². The van der Waals surface area contributed by atoms with Crippen LogP contribution < -0.4 is 4.74 Å². The molecule has 0 aliphatic carbocycles. The maximum absolute atomic E-state index is 13.3. The minimum Gasteiger partial charge on any atom is -0.504 e. The zero-order valence-electron chi connectivity index (χ0n) is 23.7. The van der Waals surface area contributed by atoms with Crippen molar-refractivity contribution in [1.82, 2.24) is 4.90 Å². The van der Waals surface area contributed by atoms with Crippen LogP contribution in [-0.4, -0.2) is 75.9 Å². The quantitative estimate of drug-likeness (QED) is 0.155. The summed E-state index contributed by atoms with van der Waals surface area (Å²) in [7, 11) is 3.02. The molecule has 1 N–H and O–H groups in total. The number of carbonyl (C=O) groups is 2. The van der Waals surface area contributed by atoms with Gasteiger partial charge in [-0.1, -0.05) is 60.7 Å². The number of rotatable bonds is 17. The Morgan fingerprint density at radius 1 is 0.810 bits per heavy atom. The van der Waals surface area contributed by atoms with Crippen molar-refractivity contribution in [1.29, 1.82) is 0 Å². The molecule has 3 aromatic rings. The SMILES string of the molecule is COCCOCCOCCOC(=O)C(c1cc(O)c(OCc2ccccc2)c(Br)c1)N(C)C(=O)OCc1ccccc1. The third-order valence-electron chi connectivity index (χ3n) is 5.97. The van der Waals surface area contributed by atoms with Gasteiger partial charge in [0.2, 0.25) is 0 Å². The van der Waals surface area contributed by atoms with Gasteiger partial charge in [-0.05, 0) is 44.8 Å². The number of aromatic hydroxyl groups is 1. The lowest BCUT2D eigenvalue weighted by molar-refractivity contribution is -0.151. The van der Waals surface area contributed by atoms with Crippen LogP contribution in [-0.2, 0) is 41.7 Å². The van der Waals surface area contributed by atoms with Crippen molar-refractivity contribution in [2.24, 2.45) is 0 Å². The Hall–Kier alpha value is -3.64. The van der Waals surface area contributed by atoms with E-state index >= 15 is 0 Å². The third-order valence-corrected chi connectivity index (χ3v) is 6.56. The van der Waals surface area contributed by atoms with Crippen molar-refractivity contribution >= 4 is 28.0 Å². The van der Waals surface area contributed by atoms with E-state index in [2.05, 4.69) is 15.9 Å². The number of carbonyl (C=O) groups excluding carboxylic acids is 2. The predicted molar refractivity (Wildman–Crippen MR) is 158 cm³/mol. The van der Waals surface area contributed by atoms with Gasteiger partial charge in [0.15, 0.2) is 17.5 Å². The Kier molecular flexibility index (Phi) is 14.1. The normalized spacial score (nSPS) is 11.5. The molecule has 1 amide bonds. The molecular formula is C31H36BrNO9. The van der Waals surface area contributed by atoms with Gasteiger partial charge in [-0.25, -0.2) is 9.59 Å². The zero-order chi connectivity index (χ0) is 30.2. The molecule has 0 spiro atoms. The molecular weight excluding hydrogens is 610 g/mol. The molecule has 10 nitrogen and oxygen atoms in total. The van der Waals surface area contributed by atoms with Crippen molar-refractivity contribution < 1.29 is 43.1 Å². The highest BCUT2D eigenvalue weighted by molar-refractivity contribution is 9.10. The second-order valence-electron chi connectivity index (χ2n) is 9.06. The second-order valence-corrected chi connectivity index (χ2v) is 9.92. The fraction of sp³-hybridized carbons (Fsp3) is 0.355. The maximum atomic E-state index is 13.3. The van der Waals surface area contributed by atoms with Crippen molar-refractivity contribution in [3.8, 4) is 11.5 Å². The maximum Gasteiger partial charge on any atom is 0.410 e. The zero-order valence-corrected chi connectivity index (χ0v) is 25.3. The van der Waals surface area contributed by atoms with Gasteiger partial charge in [0.05, 0.1) is 37.5 Å². The van der Waals surface area contributed by atoms with E-state index in [1.54, 1.807) is 13.2 Å². The molecule has 3 rings (SSSR count). The van der Waals surface area contributed by atoms with Gasteiger partial charge in [-0.2, -0.15) is 0 Å². The average Bonchev–Trinajstić information content (AvgIpc) is 2.99. The lowest BCUT2D eigenvalue weighted by Gasteiger charge is -2.27. The Morgan fingerprint density at radius 3 is 1.98 bits per heavy atom. The summed E-state index contributed by atoms with van der Waals surface area (Å²) < 4.78 is 32.8. The highest BCUT2D eigenvalue weighted by atomic mass is 79.9. The van der Waals surface area contributed by atoms with Gasteiger partial charge in [0.25, 0.3) is 0 Å². The molecule has 1 unspecified atom stereocenters. The number of ether oxygens (including phenoxy) is 6. The third kappa shape index (κ3) is 10.6. The molecule has 0 saturated heterocycles. The first-order valence-corrected chi connectivity index (χ1v) is 14.1. The summed E-state index contributed by atoms with van der Waals surface area (Å²) in [4.78, 5) is 27.4. The standard InChI is InChI=1S/C31H36BrNO9/c1-33(31(36)42-22-24-11-7-4-8-12-24)28(30(35)40-18-17-39-16-15-38-14-13-37-2)25-19-26(32)29(27(34)20-25)41-21-23-9-5-3-6-10-23/h3-12,19-20,28,34H,13-18,21-22H2,1-2H3. The number of likely N-dealkylation sites (N-methyl/N-ethyl adjacent to an activating group) is 1. The fourth-order valence-electron chi connectivity index (χ4n) is 3.82. The van der Waals surface area contributed by atoms with E-state index in [1.165, 1.54) is 13.1 Å². The van der Waals surface area contributed by atoms with Crippen molar-refractivity contribution in [3.05, 3.63) is 94.0 Å². The Labute approximate surface area is 254 Å². The van der Waals surface area contributed by atoms with E-state index in [-0.39, 0.29) is 37.9 Å². The molecule has 0 saturated carbocycles. The van der Waals surface area contributed by atoms with Crippen molar-refractivity contribution in [3.63, 3.8) is 0 Å².